The zero-order chi connectivity index (χ0) is 18.7. The molecule has 2 aromatic carbocycles. The maximum Gasteiger partial charge on any atom is 0.255 e. The molecule has 5 nitrogen and oxygen atoms in total. The van der Waals surface area contributed by atoms with E-state index < -0.39 is 0 Å². The zero-order valence-corrected chi connectivity index (χ0v) is 15.3. The zero-order valence-electron chi connectivity index (χ0n) is 15.3. The van der Waals surface area contributed by atoms with Gasteiger partial charge >= 0.3 is 0 Å². The monoisotopic (exact) mass is 352 g/mol. The molecule has 1 aliphatic rings. The molecular formula is C21H24N2O3. The predicted molar refractivity (Wildman–Crippen MR) is 103 cm³/mol. The van der Waals surface area contributed by atoms with Crippen molar-refractivity contribution in [1.29, 1.82) is 0 Å². The van der Waals surface area contributed by atoms with Crippen molar-refractivity contribution >= 4 is 23.2 Å². The summed E-state index contributed by atoms with van der Waals surface area (Å²) in [5.41, 5.74) is 2.77. The third-order valence-electron chi connectivity index (χ3n) is 4.26. The number of anilines is 2. The molecule has 0 bridgehead atoms. The predicted octanol–water partition coefficient (Wildman–Crippen LogP) is 4.38. The van der Waals surface area contributed by atoms with Crippen molar-refractivity contribution in [2.75, 3.05) is 10.6 Å². The van der Waals surface area contributed by atoms with Crippen molar-refractivity contribution < 1.29 is 14.3 Å². The number of hydrogen-bond donors (Lipinski definition) is 2. The van der Waals surface area contributed by atoms with E-state index in [2.05, 4.69) is 10.6 Å². The summed E-state index contributed by atoms with van der Waals surface area (Å²) in [4.78, 5) is 24.6. The molecule has 0 atom stereocenters. The van der Waals surface area contributed by atoms with Crippen molar-refractivity contribution in [3.63, 3.8) is 0 Å². The number of hydrogen-bond acceptors (Lipinski definition) is 3. The lowest BCUT2D eigenvalue weighted by Gasteiger charge is -2.14. The van der Waals surface area contributed by atoms with Crippen molar-refractivity contribution in [2.45, 2.75) is 39.7 Å². The van der Waals surface area contributed by atoms with E-state index in [1.807, 2.05) is 45.0 Å². The Kier molecular flexibility index (Phi) is 5.26. The molecule has 2 amide bonds. The van der Waals surface area contributed by atoms with Gasteiger partial charge in [-0.25, -0.2) is 0 Å². The maximum absolute atomic E-state index is 12.6. The lowest BCUT2D eigenvalue weighted by molar-refractivity contribution is -0.117. The van der Waals surface area contributed by atoms with E-state index >= 15 is 0 Å². The molecule has 2 N–H and O–H groups in total. The van der Waals surface area contributed by atoms with E-state index in [4.69, 9.17) is 4.74 Å². The number of amides is 2. The summed E-state index contributed by atoms with van der Waals surface area (Å²) in [6, 6.07) is 12.6. The van der Waals surface area contributed by atoms with Crippen molar-refractivity contribution in [3.8, 4) is 5.75 Å². The maximum atomic E-state index is 12.6. The van der Waals surface area contributed by atoms with Gasteiger partial charge in [0.1, 0.15) is 5.75 Å². The molecule has 1 aliphatic carbocycles. The summed E-state index contributed by atoms with van der Waals surface area (Å²) in [7, 11) is 0. The second-order valence-corrected chi connectivity index (χ2v) is 6.89. The fourth-order valence-corrected chi connectivity index (χ4v) is 2.66. The van der Waals surface area contributed by atoms with Gasteiger partial charge in [0.2, 0.25) is 5.91 Å². The van der Waals surface area contributed by atoms with Crippen LogP contribution in [0.15, 0.2) is 42.5 Å². The van der Waals surface area contributed by atoms with Crippen LogP contribution in [0.3, 0.4) is 0 Å². The highest BCUT2D eigenvalue weighted by Crippen LogP contribution is 2.31. The third kappa shape index (κ3) is 4.42. The van der Waals surface area contributed by atoms with E-state index in [9.17, 15) is 9.59 Å². The lowest BCUT2D eigenvalue weighted by atomic mass is 10.1. The van der Waals surface area contributed by atoms with E-state index in [0.717, 1.165) is 24.1 Å². The fraction of sp³-hybridized carbons (Fsp3) is 0.333. The Hall–Kier alpha value is -2.82. The van der Waals surface area contributed by atoms with Gasteiger partial charge in [0.15, 0.2) is 0 Å². The van der Waals surface area contributed by atoms with Crippen LogP contribution < -0.4 is 15.4 Å². The van der Waals surface area contributed by atoms with Gasteiger partial charge in [-0.1, -0.05) is 12.1 Å². The Labute approximate surface area is 153 Å². The second kappa shape index (κ2) is 7.60. The topological polar surface area (TPSA) is 67.4 Å². The van der Waals surface area contributed by atoms with Crippen LogP contribution in [-0.2, 0) is 4.79 Å². The SMILES string of the molecule is Cc1c(NC(=O)c2cccc(OC(C)C)c2)cccc1NC(=O)C1CC1. The van der Waals surface area contributed by atoms with Crippen LogP contribution in [-0.4, -0.2) is 17.9 Å². The minimum atomic E-state index is -0.215. The number of carbonyl (C=O) groups excluding carboxylic acids is 2. The summed E-state index contributed by atoms with van der Waals surface area (Å²) in [5.74, 6) is 0.634. The molecule has 0 unspecified atom stereocenters. The van der Waals surface area contributed by atoms with Crippen LogP contribution in [0.2, 0.25) is 0 Å². The van der Waals surface area contributed by atoms with Gasteiger partial charge in [-0.3, -0.25) is 9.59 Å². The van der Waals surface area contributed by atoms with Gasteiger partial charge in [0.05, 0.1) is 6.10 Å². The van der Waals surface area contributed by atoms with Crippen LogP contribution in [0.25, 0.3) is 0 Å². The highest BCUT2D eigenvalue weighted by atomic mass is 16.5. The van der Waals surface area contributed by atoms with E-state index in [-0.39, 0.29) is 23.8 Å². The van der Waals surface area contributed by atoms with Gasteiger partial charge < -0.3 is 15.4 Å². The highest BCUT2D eigenvalue weighted by Gasteiger charge is 2.29. The first-order valence-electron chi connectivity index (χ1n) is 8.92. The lowest BCUT2D eigenvalue weighted by Crippen LogP contribution is -2.16. The molecular weight excluding hydrogens is 328 g/mol. The van der Waals surface area contributed by atoms with Crippen LogP contribution in [0.4, 0.5) is 11.4 Å². The summed E-state index contributed by atoms with van der Waals surface area (Å²) in [6.45, 7) is 5.77. The molecule has 0 saturated heterocycles. The van der Waals surface area contributed by atoms with Crippen LogP contribution in [0.1, 0.15) is 42.6 Å². The summed E-state index contributed by atoms with van der Waals surface area (Å²) >= 11 is 0. The molecule has 26 heavy (non-hydrogen) atoms. The summed E-state index contributed by atoms with van der Waals surface area (Å²) in [6.07, 6.45) is 1.95. The number of ether oxygens (including phenoxy) is 1. The standard InChI is InChI=1S/C21H24N2O3/c1-13(2)26-17-7-4-6-16(12-17)21(25)23-19-9-5-8-18(14(19)3)22-20(24)15-10-11-15/h4-9,12-13,15H,10-11H2,1-3H3,(H,22,24)(H,23,25). The van der Waals surface area contributed by atoms with Crippen LogP contribution in [0.5, 0.6) is 5.75 Å². The van der Waals surface area contributed by atoms with Gasteiger partial charge in [0.25, 0.3) is 5.91 Å². The molecule has 0 aliphatic heterocycles. The average molecular weight is 352 g/mol. The Morgan fingerprint density at radius 1 is 1.04 bits per heavy atom. The molecule has 0 aromatic heterocycles. The first-order chi connectivity index (χ1) is 12.4. The fourth-order valence-electron chi connectivity index (χ4n) is 2.66. The van der Waals surface area contributed by atoms with Crippen molar-refractivity contribution in [2.24, 2.45) is 5.92 Å². The largest absolute Gasteiger partial charge is 0.491 e. The van der Waals surface area contributed by atoms with Gasteiger partial charge in [-0.2, -0.15) is 0 Å². The summed E-state index contributed by atoms with van der Waals surface area (Å²) < 4.78 is 5.64. The molecule has 2 aromatic rings. The number of rotatable bonds is 6. The smallest absolute Gasteiger partial charge is 0.255 e. The normalized spacial score (nSPS) is 13.4. The second-order valence-electron chi connectivity index (χ2n) is 6.89. The Morgan fingerprint density at radius 2 is 1.69 bits per heavy atom. The molecule has 0 heterocycles. The van der Waals surface area contributed by atoms with Crippen molar-refractivity contribution in [3.05, 3.63) is 53.6 Å². The average Bonchev–Trinajstić information content (AvgIpc) is 3.43. The van der Waals surface area contributed by atoms with Crippen LogP contribution in [0, 0.1) is 12.8 Å². The van der Waals surface area contributed by atoms with Crippen molar-refractivity contribution in [1.82, 2.24) is 0 Å². The minimum absolute atomic E-state index is 0.0438. The molecule has 5 heteroatoms. The van der Waals surface area contributed by atoms with Gasteiger partial charge in [-0.05, 0) is 69.5 Å². The van der Waals surface area contributed by atoms with E-state index in [1.54, 1.807) is 18.2 Å². The Morgan fingerprint density at radius 3 is 2.35 bits per heavy atom. The minimum Gasteiger partial charge on any atom is -0.491 e. The van der Waals surface area contributed by atoms with Crippen LogP contribution >= 0.6 is 0 Å². The molecule has 1 saturated carbocycles. The molecule has 0 radical (unpaired) electrons. The Bertz CT molecular complexity index is 826. The van der Waals surface area contributed by atoms with Gasteiger partial charge in [0, 0.05) is 22.9 Å². The van der Waals surface area contributed by atoms with E-state index in [0.29, 0.717) is 17.0 Å². The van der Waals surface area contributed by atoms with Gasteiger partial charge in [-0.15, -0.1) is 0 Å². The number of nitrogens with one attached hydrogen (secondary N) is 2. The quantitative estimate of drug-likeness (QED) is 0.810. The third-order valence-corrected chi connectivity index (χ3v) is 4.26. The number of benzene rings is 2. The molecule has 1 fully saturated rings. The Balaban J connectivity index is 1.74. The molecule has 136 valence electrons. The first kappa shape index (κ1) is 18.0. The molecule has 3 rings (SSSR count). The molecule has 0 spiro atoms. The number of carbonyl (C=O) groups is 2. The van der Waals surface area contributed by atoms with E-state index in [1.165, 1.54) is 0 Å². The first-order valence-corrected chi connectivity index (χ1v) is 8.92. The summed E-state index contributed by atoms with van der Waals surface area (Å²) in [5, 5.41) is 5.87. The highest BCUT2D eigenvalue weighted by molar-refractivity contribution is 6.05.